The third-order valence-electron chi connectivity index (χ3n) is 2.55. The van der Waals surface area contributed by atoms with Crippen molar-refractivity contribution in [2.75, 3.05) is 6.54 Å². The van der Waals surface area contributed by atoms with E-state index in [-0.39, 0.29) is 50.1 Å². The van der Waals surface area contributed by atoms with Crippen molar-refractivity contribution in [2.24, 2.45) is 0 Å². The summed E-state index contributed by atoms with van der Waals surface area (Å²) < 4.78 is 0. The van der Waals surface area contributed by atoms with Crippen LogP contribution >= 0.6 is 0 Å². The average molecular weight is 252 g/mol. The number of hydrogen-bond acceptors (Lipinski definition) is 6. The van der Waals surface area contributed by atoms with Gasteiger partial charge in [0.05, 0.1) is 6.54 Å². The maximum absolute atomic E-state index is 11.5. The summed E-state index contributed by atoms with van der Waals surface area (Å²) in [5, 5.41) is 15.5. The van der Waals surface area contributed by atoms with Crippen molar-refractivity contribution in [2.45, 2.75) is 25.8 Å². The highest BCUT2D eigenvalue weighted by Gasteiger charge is 2.28. The fraction of sp³-hybridized carbons (Fsp3) is 0.556. The molecule has 9 nitrogen and oxygen atoms in total. The fourth-order valence-electron chi connectivity index (χ4n) is 1.61. The van der Waals surface area contributed by atoms with Crippen LogP contribution in [0, 0.1) is 0 Å². The van der Waals surface area contributed by atoms with Crippen LogP contribution in [0.15, 0.2) is 0 Å². The van der Waals surface area contributed by atoms with Gasteiger partial charge in [-0.1, -0.05) is 5.21 Å². The second kappa shape index (κ2) is 5.34. The summed E-state index contributed by atoms with van der Waals surface area (Å²) in [6, 6.07) is 0. The van der Waals surface area contributed by atoms with Crippen LogP contribution in [-0.2, 0) is 20.9 Å². The Kier molecular flexibility index (Phi) is 3.60. The van der Waals surface area contributed by atoms with Crippen molar-refractivity contribution in [1.82, 2.24) is 30.8 Å². The highest BCUT2D eigenvalue weighted by atomic mass is 16.2. The molecule has 18 heavy (non-hydrogen) atoms. The number of carbonyl (C=O) groups excluding carboxylic acids is 3. The minimum Gasteiger partial charge on any atom is -0.349 e. The molecule has 0 aliphatic carbocycles. The SMILES string of the molecule is O=C(CCN1C(=O)CCC1=O)NCc1nn[nH]n1. The summed E-state index contributed by atoms with van der Waals surface area (Å²) in [5.74, 6) is -0.332. The first kappa shape index (κ1) is 12.1. The number of tetrazole rings is 1. The Morgan fingerprint density at radius 2 is 2.06 bits per heavy atom. The summed E-state index contributed by atoms with van der Waals surface area (Å²) in [6.45, 7) is 0.285. The lowest BCUT2D eigenvalue weighted by atomic mass is 10.3. The van der Waals surface area contributed by atoms with Crippen LogP contribution < -0.4 is 5.32 Å². The van der Waals surface area contributed by atoms with Crippen LogP contribution in [0.4, 0.5) is 0 Å². The van der Waals surface area contributed by atoms with Crippen molar-refractivity contribution in [3.05, 3.63) is 5.82 Å². The van der Waals surface area contributed by atoms with Gasteiger partial charge in [0.2, 0.25) is 17.7 Å². The Morgan fingerprint density at radius 3 is 2.67 bits per heavy atom. The number of rotatable bonds is 5. The van der Waals surface area contributed by atoms with E-state index in [0.29, 0.717) is 5.82 Å². The zero-order valence-corrected chi connectivity index (χ0v) is 9.55. The van der Waals surface area contributed by atoms with Crippen LogP contribution in [0.25, 0.3) is 0 Å². The first-order valence-electron chi connectivity index (χ1n) is 5.49. The van der Waals surface area contributed by atoms with Gasteiger partial charge in [-0.15, -0.1) is 10.2 Å². The largest absolute Gasteiger partial charge is 0.349 e. The Hall–Kier alpha value is -2.32. The van der Waals surface area contributed by atoms with Gasteiger partial charge in [-0.25, -0.2) is 0 Å². The zero-order chi connectivity index (χ0) is 13.0. The van der Waals surface area contributed by atoms with E-state index in [1.807, 2.05) is 0 Å². The van der Waals surface area contributed by atoms with Crippen LogP contribution in [0.5, 0.6) is 0 Å². The standard InChI is InChI=1S/C9H12N6O3/c16-7(10-5-6-11-13-14-12-6)3-4-15-8(17)1-2-9(15)18/h1-5H2,(H,10,16)(H,11,12,13,14). The molecule has 0 spiro atoms. The van der Waals surface area contributed by atoms with Crippen molar-refractivity contribution in [3.8, 4) is 0 Å². The minimum atomic E-state index is -0.271. The van der Waals surface area contributed by atoms with Crippen molar-refractivity contribution in [3.63, 3.8) is 0 Å². The van der Waals surface area contributed by atoms with Gasteiger partial charge in [0.1, 0.15) is 0 Å². The van der Waals surface area contributed by atoms with Crippen LogP contribution in [0.1, 0.15) is 25.1 Å². The van der Waals surface area contributed by atoms with Gasteiger partial charge < -0.3 is 5.32 Å². The Morgan fingerprint density at radius 1 is 1.33 bits per heavy atom. The first-order chi connectivity index (χ1) is 8.66. The Labute approximate surface area is 102 Å². The molecular weight excluding hydrogens is 240 g/mol. The van der Waals surface area contributed by atoms with E-state index in [2.05, 4.69) is 25.9 Å². The predicted molar refractivity (Wildman–Crippen MR) is 56.6 cm³/mol. The maximum Gasteiger partial charge on any atom is 0.229 e. The molecule has 1 aliphatic rings. The van der Waals surface area contributed by atoms with Crippen LogP contribution in [-0.4, -0.2) is 49.8 Å². The number of imide groups is 1. The van der Waals surface area contributed by atoms with Crippen LogP contribution in [0.2, 0.25) is 0 Å². The number of amides is 3. The van der Waals surface area contributed by atoms with E-state index >= 15 is 0 Å². The van der Waals surface area contributed by atoms with E-state index in [9.17, 15) is 14.4 Å². The molecule has 1 aromatic rings. The molecule has 0 radical (unpaired) electrons. The smallest absolute Gasteiger partial charge is 0.229 e. The molecule has 0 unspecified atom stereocenters. The highest BCUT2D eigenvalue weighted by molar-refractivity contribution is 6.02. The molecule has 0 aromatic carbocycles. The molecule has 1 aliphatic heterocycles. The molecule has 2 rings (SSSR count). The average Bonchev–Trinajstić information content (AvgIpc) is 2.96. The zero-order valence-electron chi connectivity index (χ0n) is 9.55. The number of aromatic nitrogens is 4. The second-order valence-electron chi connectivity index (χ2n) is 3.79. The van der Waals surface area contributed by atoms with Crippen LogP contribution in [0.3, 0.4) is 0 Å². The number of nitrogens with one attached hydrogen (secondary N) is 2. The van der Waals surface area contributed by atoms with E-state index in [1.165, 1.54) is 0 Å². The van der Waals surface area contributed by atoms with Gasteiger partial charge in [-0.05, 0) is 0 Å². The molecule has 0 atom stereocenters. The lowest BCUT2D eigenvalue weighted by Gasteiger charge is -2.12. The summed E-state index contributed by atoms with van der Waals surface area (Å²) in [4.78, 5) is 35.1. The molecule has 2 heterocycles. The number of H-pyrrole nitrogens is 1. The number of carbonyl (C=O) groups is 3. The number of hydrogen-bond donors (Lipinski definition) is 2. The lowest BCUT2D eigenvalue weighted by molar-refractivity contribution is -0.138. The van der Waals surface area contributed by atoms with E-state index in [0.717, 1.165) is 4.90 Å². The van der Waals surface area contributed by atoms with Gasteiger partial charge in [-0.3, -0.25) is 19.3 Å². The quantitative estimate of drug-likeness (QED) is 0.606. The molecule has 1 aromatic heterocycles. The summed E-state index contributed by atoms with van der Waals surface area (Å²) in [5.41, 5.74) is 0. The van der Waals surface area contributed by atoms with Gasteiger partial charge in [-0.2, -0.15) is 5.21 Å². The predicted octanol–water partition coefficient (Wildman–Crippen LogP) is -1.64. The lowest BCUT2D eigenvalue weighted by Crippen LogP contribution is -2.34. The van der Waals surface area contributed by atoms with Gasteiger partial charge in [0.15, 0.2) is 5.82 Å². The normalized spacial score (nSPS) is 15.2. The molecule has 0 bridgehead atoms. The number of aromatic amines is 1. The minimum absolute atomic E-state index is 0.0787. The molecule has 96 valence electrons. The number of nitrogens with zero attached hydrogens (tertiary/aromatic N) is 4. The van der Waals surface area contributed by atoms with E-state index < -0.39 is 0 Å². The third kappa shape index (κ3) is 2.87. The Bertz CT molecular complexity index is 441. The second-order valence-corrected chi connectivity index (χ2v) is 3.79. The molecule has 3 amide bonds. The van der Waals surface area contributed by atoms with E-state index in [4.69, 9.17) is 0 Å². The molecule has 1 saturated heterocycles. The highest BCUT2D eigenvalue weighted by Crippen LogP contribution is 2.11. The molecule has 2 N–H and O–H groups in total. The molecule has 0 saturated carbocycles. The van der Waals surface area contributed by atoms with Crippen molar-refractivity contribution >= 4 is 17.7 Å². The topological polar surface area (TPSA) is 121 Å². The summed E-state index contributed by atoms with van der Waals surface area (Å²) in [6.07, 6.45) is 0.557. The molecular formula is C9H12N6O3. The number of likely N-dealkylation sites (tertiary alicyclic amines) is 1. The van der Waals surface area contributed by atoms with Gasteiger partial charge in [0, 0.05) is 25.8 Å². The van der Waals surface area contributed by atoms with Crippen molar-refractivity contribution < 1.29 is 14.4 Å². The monoisotopic (exact) mass is 252 g/mol. The molecule has 9 heteroatoms. The Balaban J connectivity index is 1.71. The summed E-state index contributed by atoms with van der Waals surface area (Å²) >= 11 is 0. The molecule has 1 fully saturated rings. The van der Waals surface area contributed by atoms with Gasteiger partial charge >= 0.3 is 0 Å². The van der Waals surface area contributed by atoms with Crippen molar-refractivity contribution in [1.29, 1.82) is 0 Å². The van der Waals surface area contributed by atoms with E-state index in [1.54, 1.807) is 0 Å². The summed E-state index contributed by atoms with van der Waals surface area (Å²) in [7, 11) is 0. The van der Waals surface area contributed by atoms with Gasteiger partial charge in [0.25, 0.3) is 0 Å². The fourth-order valence-corrected chi connectivity index (χ4v) is 1.61. The maximum atomic E-state index is 11.5. The first-order valence-corrected chi connectivity index (χ1v) is 5.49. The third-order valence-corrected chi connectivity index (χ3v) is 2.55.